The Balaban J connectivity index is 3.27. The summed E-state index contributed by atoms with van der Waals surface area (Å²) in [6, 6.07) is 0. The van der Waals surface area contributed by atoms with Crippen molar-refractivity contribution in [3.63, 3.8) is 0 Å². The third-order valence-electron chi connectivity index (χ3n) is 3.01. The largest absolute Gasteiger partial charge is 0.348 e. The predicted octanol–water partition coefficient (Wildman–Crippen LogP) is 3.08. The van der Waals surface area contributed by atoms with Gasteiger partial charge in [0.2, 0.25) is 0 Å². The molecule has 1 nitrogen and oxygen atoms in total. The molecule has 12 heavy (non-hydrogen) atoms. The fourth-order valence-electron chi connectivity index (χ4n) is 1.47. The third-order valence-corrected chi connectivity index (χ3v) is 3.01. The zero-order chi connectivity index (χ0) is 9.46. The van der Waals surface area contributed by atoms with Gasteiger partial charge in [-0.15, -0.1) is 0 Å². The Bertz CT molecular complexity index is 292. The van der Waals surface area contributed by atoms with E-state index in [4.69, 9.17) is 0 Å². The van der Waals surface area contributed by atoms with Gasteiger partial charge in [0.25, 0.3) is 0 Å². The van der Waals surface area contributed by atoms with Gasteiger partial charge in [0.1, 0.15) is 0 Å². The quantitative estimate of drug-likeness (QED) is 0.530. The highest BCUT2D eigenvalue weighted by Gasteiger charge is 2.17. The summed E-state index contributed by atoms with van der Waals surface area (Å²) in [6.45, 7) is 12.6. The van der Waals surface area contributed by atoms with Gasteiger partial charge in [0.15, 0.2) is 0 Å². The number of hydrogen-bond acceptors (Lipinski definition) is 1. The van der Waals surface area contributed by atoms with Gasteiger partial charge in [-0.05, 0) is 44.4 Å². The molecule has 0 saturated carbocycles. The zero-order valence-electron chi connectivity index (χ0n) is 8.65. The monoisotopic (exact) mass is 163 g/mol. The second kappa shape index (κ2) is 2.81. The summed E-state index contributed by atoms with van der Waals surface area (Å²) in [4.78, 5) is 2.15. The second-order valence-electron chi connectivity index (χ2n) is 3.47. The maximum absolute atomic E-state index is 4.05. The summed E-state index contributed by atoms with van der Waals surface area (Å²) in [7, 11) is 2.07. The summed E-state index contributed by atoms with van der Waals surface area (Å²) in [5, 5.41) is 0. The van der Waals surface area contributed by atoms with Gasteiger partial charge in [0.05, 0.1) is 0 Å². The van der Waals surface area contributed by atoms with Crippen LogP contribution in [0.4, 0.5) is 0 Å². The van der Waals surface area contributed by atoms with E-state index in [0.717, 1.165) is 5.70 Å². The molecule has 0 aromatic rings. The van der Waals surface area contributed by atoms with Crippen molar-refractivity contribution in [2.24, 2.45) is 0 Å². The van der Waals surface area contributed by atoms with Crippen molar-refractivity contribution in [2.45, 2.75) is 27.7 Å². The summed E-state index contributed by atoms with van der Waals surface area (Å²) in [5.41, 5.74) is 6.48. The fourth-order valence-corrected chi connectivity index (χ4v) is 1.47. The maximum Gasteiger partial charge on any atom is 0.0365 e. The minimum Gasteiger partial charge on any atom is -0.348 e. The molecule has 0 amide bonds. The van der Waals surface area contributed by atoms with E-state index in [1.54, 1.807) is 0 Å². The van der Waals surface area contributed by atoms with Crippen LogP contribution in [0.25, 0.3) is 0 Å². The average molecular weight is 163 g/mol. The average Bonchev–Trinajstić information content (AvgIpc) is 2.08. The molecule has 0 aromatic carbocycles. The first-order valence-electron chi connectivity index (χ1n) is 4.25. The van der Waals surface area contributed by atoms with E-state index >= 15 is 0 Å². The van der Waals surface area contributed by atoms with Gasteiger partial charge in [-0.25, -0.2) is 0 Å². The van der Waals surface area contributed by atoms with Crippen LogP contribution in [-0.2, 0) is 0 Å². The van der Waals surface area contributed by atoms with Gasteiger partial charge in [-0.1, -0.05) is 6.58 Å². The molecule has 1 aliphatic heterocycles. The number of rotatable bonds is 0. The molecule has 0 unspecified atom stereocenters. The topological polar surface area (TPSA) is 3.24 Å². The van der Waals surface area contributed by atoms with Crippen LogP contribution in [0.5, 0.6) is 0 Å². The second-order valence-corrected chi connectivity index (χ2v) is 3.47. The van der Waals surface area contributed by atoms with E-state index in [1.807, 2.05) is 0 Å². The van der Waals surface area contributed by atoms with E-state index in [0.29, 0.717) is 0 Å². The van der Waals surface area contributed by atoms with Gasteiger partial charge in [-0.3, -0.25) is 0 Å². The van der Waals surface area contributed by atoms with E-state index in [1.165, 1.54) is 22.4 Å². The molecule has 1 heterocycles. The van der Waals surface area contributed by atoms with Crippen LogP contribution in [0.15, 0.2) is 34.7 Å². The van der Waals surface area contributed by atoms with Crippen molar-refractivity contribution in [1.29, 1.82) is 0 Å². The summed E-state index contributed by atoms with van der Waals surface area (Å²) >= 11 is 0. The molecule has 66 valence electrons. The molecule has 0 aromatic heterocycles. The lowest BCUT2D eigenvalue weighted by Crippen LogP contribution is -2.21. The first-order valence-corrected chi connectivity index (χ1v) is 4.25. The summed E-state index contributed by atoms with van der Waals surface area (Å²) in [6.07, 6.45) is 0. The van der Waals surface area contributed by atoms with Crippen molar-refractivity contribution in [3.8, 4) is 0 Å². The standard InChI is InChI=1S/C11H17N/c1-7-8(2)10(4)12(6)11(5)9(7)3/h4H2,1-3,5-6H3. The Morgan fingerprint density at radius 3 is 1.92 bits per heavy atom. The van der Waals surface area contributed by atoms with Crippen LogP contribution in [-0.4, -0.2) is 11.9 Å². The summed E-state index contributed by atoms with van der Waals surface area (Å²) in [5.74, 6) is 0. The molecule has 1 heteroatoms. The number of nitrogens with zero attached hydrogens (tertiary/aromatic N) is 1. The lowest BCUT2D eigenvalue weighted by Gasteiger charge is -2.31. The summed E-state index contributed by atoms with van der Waals surface area (Å²) < 4.78 is 0. The van der Waals surface area contributed by atoms with Crippen LogP contribution >= 0.6 is 0 Å². The normalized spacial score (nSPS) is 19.4. The van der Waals surface area contributed by atoms with E-state index in [2.05, 4.69) is 46.2 Å². The van der Waals surface area contributed by atoms with Gasteiger partial charge >= 0.3 is 0 Å². The smallest absolute Gasteiger partial charge is 0.0365 e. The molecule has 0 saturated heterocycles. The number of hydrogen-bond donors (Lipinski definition) is 0. The van der Waals surface area contributed by atoms with Gasteiger partial charge in [0, 0.05) is 18.4 Å². The highest BCUT2D eigenvalue weighted by atomic mass is 15.1. The van der Waals surface area contributed by atoms with E-state index < -0.39 is 0 Å². The van der Waals surface area contributed by atoms with E-state index in [9.17, 15) is 0 Å². The van der Waals surface area contributed by atoms with Crippen molar-refractivity contribution < 1.29 is 0 Å². The number of likely N-dealkylation sites (N-methyl/N-ethyl adjacent to an activating group) is 1. The minimum absolute atomic E-state index is 1.12. The van der Waals surface area contributed by atoms with Crippen LogP contribution < -0.4 is 0 Å². The van der Waals surface area contributed by atoms with Crippen molar-refractivity contribution in [2.75, 3.05) is 7.05 Å². The molecule has 0 aliphatic carbocycles. The minimum atomic E-state index is 1.12. The zero-order valence-corrected chi connectivity index (χ0v) is 8.65. The molecule has 1 rings (SSSR count). The first-order chi connectivity index (χ1) is 5.46. The molecular weight excluding hydrogens is 146 g/mol. The number of allylic oxidation sites excluding steroid dienone is 4. The molecule has 1 aliphatic rings. The highest BCUT2D eigenvalue weighted by Crippen LogP contribution is 2.31. The lowest BCUT2D eigenvalue weighted by molar-refractivity contribution is 0.515. The van der Waals surface area contributed by atoms with Gasteiger partial charge < -0.3 is 4.90 Å². The molecule has 0 atom stereocenters. The Hall–Kier alpha value is -0.980. The Labute approximate surface area is 75.1 Å². The van der Waals surface area contributed by atoms with Crippen LogP contribution in [0.2, 0.25) is 0 Å². The van der Waals surface area contributed by atoms with Crippen LogP contribution in [0.3, 0.4) is 0 Å². The van der Waals surface area contributed by atoms with Crippen LogP contribution in [0, 0.1) is 0 Å². The molecule has 0 bridgehead atoms. The molecule has 0 N–H and O–H groups in total. The van der Waals surface area contributed by atoms with Crippen molar-refractivity contribution in [3.05, 3.63) is 34.7 Å². The Morgan fingerprint density at radius 2 is 1.42 bits per heavy atom. The highest BCUT2D eigenvalue weighted by molar-refractivity contribution is 5.47. The molecule has 0 spiro atoms. The van der Waals surface area contributed by atoms with Gasteiger partial charge in [-0.2, -0.15) is 0 Å². The molecule has 0 fully saturated rings. The van der Waals surface area contributed by atoms with Crippen molar-refractivity contribution in [1.82, 2.24) is 4.90 Å². The molecular formula is C11H17N. The fraction of sp³-hybridized carbons (Fsp3) is 0.455. The Morgan fingerprint density at radius 1 is 0.917 bits per heavy atom. The first kappa shape index (κ1) is 9.11. The predicted molar refractivity (Wildman–Crippen MR) is 53.7 cm³/mol. The maximum atomic E-state index is 4.05. The van der Waals surface area contributed by atoms with E-state index in [-0.39, 0.29) is 0 Å². The SMILES string of the molecule is C=C1C(C)=C(C)C(C)=C(C)N1C. The third kappa shape index (κ3) is 1.09. The molecule has 0 radical (unpaired) electrons. The Kier molecular flexibility index (Phi) is 2.14. The van der Waals surface area contributed by atoms with Crippen LogP contribution in [0.1, 0.15) is 27.7 Å². The lowest BCUT2D eigenvalue weighted by atomic mass is 9.95. The van der Waals surface area contributed by atoms with Crippen molar-refractivity contribution >= 4 is 0 Å².